The Morgan fingerprint density at radius 2 is 2.00 bits per heavy atom. The first-order chi connectivity index (χ1) is 8.62. The van der Waals surface area contributed by atoms with E-state index in [0.717, 1.165) is 6.42 Å². The molecular formula is C13H24N2O4. The van der Waals surface area contributed by atoms with Crippen LogP contribution in [-0.4, -0.2) is 62.8 Å². The number of likely N-dealkylation sites (N-methyl/N-ethyl adjacent to an activating group) is 1. The second-order valence-corrected chi connectivity index (χ2v) is 5.91. The van der Waals surface area contributed by atoms with Crippen molar-refractivity contribution in [2.45, 2.75) is 51.7 Å². The highest BCUT2D eigenvalue weighted by atomic mass is 16.4. The Kier molecular flexibility index (Phi) is 4.45. The van der Waals surface area contributed by atoms with E-state index in [-0.39, 0.29) is 12.6 Å². The Morgan fingerprint density at radius 3 is 2.42 bits per heavy atom. The molecule has 1 unspecified atom stereocenters. The molecule has 1 aliphatic rings. The van der Waals surface area contributed by atoms with E-state index in [9.17, 15) is 19.8 Å². The van der Waals surface area contributed by atoms with E-state index in [1.807, 2.05) is 0 Å². The molecule has 0 bridgehead atoms. The monoisotopic (exact) mass is 272 g/mol. The summed E-state index contributed by atoms with van der Waals surface area (Å²) >= 11 is 0. The largest absolute Gasteiger partial charge is 0.480 e. The van der Waals surface area contributed by atoms with Gasteiger partial charge in [0, 0.05) is 13.1 Å². The number of urea groups is 1. The van der Waals surface area contributed by atoms with Crippen molar-refractivity contribution in [2.24, 2.45) is 0 Å². The SMILES string of the molecule is CCN(C(=O)N1CCCC(C)(O)C1)C(C)(C)C(=O)O. The maximum Gasteiger partial charge on any atom is 0.329 e. The minimum atomic E-state index is -1.25. The minimum Gasteiger partial charge on any atom is -0.480 e. The molecule has 6 heteroatoms. The zero-order valence-electron chi connectivity index (χ0n) is 12.1. The lowest BCUT2D eigenvalue weighted by atomic mass is 9.95. The maximum absolute atomic E-state index is 12.4. The molecule has 19 heavy (non-hydrogen) atoms. The molecule has 0 radical (unpaired) electrons. The summed E-state index contributed by atoms with van der Waals surface area (Å²) in [5.41, 5.74) is -2.14. The highest BCUT2D eigenvalue weighted by Crippen LogP contribution is 2.24. The first-order valence-electron chi connectivity index (χ1n) is 6.64. The van der Waals surface area contributed by atoms with Crippen molar-refractivity contribution < 1.29 is 19.8 Å². The average Bonchev–Trinajstić information content (AvgIpc) is 2.27. The number of rotatable bonds is 3. The summed E-state index contributed by atoms with van der Waals surface area (Å²) < 4.78 is 0. The summed E-state index contributed by atoms with van der Waals surface area (Å²) in [7, 11) is 0. The Hall–Kier alpha value is -1.30. The molecule has 0 aromatic rings. The van der Waals surface area contributed by atoms with Crippen LogP contribution in [0.1, 0.15) is 40.5 Å². The number of piperidine rings is 1. The molecule has 1 saturated heterocycles. The summed E-state index contributed by atoms with van der Waals surface area (Å²) in [5.74, 6) is -1.04. The van der Waals surface area contributed by atoms with Gasteiger partial charge in [0.05, 0.1) is 12.1 Å². The molecule has 1 atom stereocenters. The zero-order valence-corrected chi connectivity index (χ0v) is 12.1. The van der Waals surface area contributed by atoms with Crippen molar-refractivity contribution >= 4 is 12.0 Å². The summed E-state index contributed by atoms with van der Waals surface area (Å²) in [6, 6.07) is -0.324. The van der Waals surface area contributed by atoms with E-state index in [1.54, 1.807) is 13.8 Å². The van der Waals surface area contributed by atoms with Gasteiger partial charge in [-0.15, -0.1) is 0 Å². The predicted octanol–water partition coefficient (Wildman–Crippen LogP) is 1.14. The molecule has 1 aliphatic heterocycles. The van der Waals surface area contributed by atoms with Gasteiger partial charge in [-0.2, -0.15) is 0 Å². The fourth-order valence-corrected chi connectivity index (χ4v) is 2.44. The molecule has 0 aliphatic carbocycles. The molecular weight excluding hydrogens is 248 g/mol. The number of β-amino-alcohol motifs (C(OH)–C–C–N with tert-alkyl or cyclic N) is 1. The van der Waals surface area contributed by atoms with Gasteiger partial charge in [-0.1, -0.05) is 0 Å². The molecule has 0 aromatic heterocycles. The summed E-state index contributed by atoms with van der Waals surface area (Å²) in [4.78, 5) is 26.6. The van der Waals surface area contributed by atoms with Crippen LogP contribution in [0.3, 0.4) is 0 Å². The molecule has 1 fully saturated rings. The number of aliphatic carboxylic acids is 1. The number of carboxylic acids is 1. The Balaban J connectivity index is 2.88. The Labute approximate surface area is 114 Å². The van der Waals surface area contributed by atoms with Crippen molar-refractivity contribution in [1.29, 1.82) is 0 Å². The van der Waals surface area contributed by atoms with Crippen LogP contribution in [0, 0.1) is 0 Å². The topological polar surface area (TPSA) is 81.1 Å². The van der Waals surface area contributed by atoms with E-state index >= 15 is 0 Å². The third-order valence-electron chi connectivity index (χ3n) is 3.69. The van der Waals surface area contributed by atoms with Gasteiger partial charge in [-0.3, -0.25) is 0 Å². The number of aliphatic hydroxyl groups is 1. The number of hydrogen-bond donors (Lipinski definition) is 2. The number of carbonyl (C=O) groups excluding carboxylic acids is 1. The van der Waals surface area contributed by atoms with Crippen molar-refractivity contribution in [1.82, 2.24) is 9.80 Å². The highest BCUT2D eigenvalue weighted by Gasteiger charge is 2.41. The second-order valence-electron chi connectivity index (χ2n) is 5.91. The van der Waals surface area contributed by atoms with Gasteiger partial charge >= 0.3 is 12.0 Å². The molecule has 110 valence electrons. The molecule has 2 N–H and O–H groups in total. The lowest BCUT2D eigenvalue weighted by molar-refractivity contribution is -0.148. The number of amides is 2. The van der Waals surface area contributed by atoms with Crippen LogP contribution in [0.15, 0.2) is 0 Å². The first-order valence-corrected chi connectivity index (χ1v) is 6.64. The van der Waals surface area contributed by atoms with E-state index in [1.165, 1.54) is 23.6 Å². The molecule has 0 saturated carbocycles. The smallest absolute Gasteiger partial charge is 0.329 e. The number of likely N-dealkylation sites (tertiary alicyclic amines) is 1. The summed E-state index contributed by atoms with van der Waals surface area (Å²) in [5, 5.41) is 19.3. The molecule has 0 spiro atoms. The van der Waals surface area contributed by atoms with Gasteiger partial charge in [0.25, 0.3) is 0 Å². The van der Waals surface area contributed by atoms with Gasteiger partial charge in [0.1, 0.15) is 5.54 Å². The van der Waals surface area contributed by atoms with Gasteiger partial charge in [0.15, 0.2) is 0 Å². The standard InChI is InChI=1S/C13H24N2O4/c1-5-15(12(2,3)10(16)17)11(18)14-8-6-7-13(4,19)9-14/h19H,5-9H2,1-4H3,(H,16,17). The Bertz CT molecular complexity index is 366. The molecule has 2 amide bonds. The van der Waals surface area contributed by atoms with Crippen LogP contribution >= 0.6 is 0 Å². The quantitative estimate of drug-likeness (QED) is 0.807. The van der Waals surface area contributed by atoms with Crippen LogP contribution < -0.4 is 0 Å². The van der Waals surface area contributed by atoms with Gasteiger partial charge in [-0.25, -0.2) is 9.59 Å². The van der Waals surface area contributed by atoms with Crippen LogP contribution in [0.25, 0.3) is 0 Å². The van der Waals surface area contributed by atoms with Crippen molar-refractivity contribution in [3.05, 3.63) is 0 Å². The van der Waals surface area contributed by atoms with Crippen LogP contribution in [0.2, 0.25) is 0 Å². The molecule has 6 nitrogen and oxygen atoms in total. The van der Waals surface area contributed by atoms with E-state index in [2.05, 4.69) is 0 Å². The third kappa shape index (κ3) is 3.37. The fraction of sp³-hybridized carbons (Fsp3) is 0.846. The van der Waals surface area contributed by atoms with Crippen LogP contribution in [-0.2, 0) is 4.79 Å². The van der Waals surface area contributed by atoms with Crippen molar-refractivity contribution in [3.63, 3.8) is 0 Å². The van der Waals surface area contributed by atoms with Crippen molar-refractivity contribution in [2.75, 3.05) is 19.6 Å². The van der Waals surface area contributed by atoms with Crippen molar-refractivity contribution in [3.8, 4) is 0 Å². The normalized spacial score (nSPS) is 24.2. The summed E-state index contributed by atoms with van der Waals surface area (Å²) in [6.45, 7) is 7.60. The predicted molar refractivity (Wildman–Crippen MR) is 70.9 cm³/mol. The average molecular weight is 272 g/mol. The van der Waals surface area contributed by atoms with Gasteiger partial charge in [0.2, 0.25) is 0 Å². The first kappa shape index (κ1) is 15.8. The second kappa shape index (κ2) is 5.36. The van der Waals surface area contributed by atoms with E-state index in [0.29, 0.717) is 19.5 Å². The van der Waals surface area contributed by atoms with E-state index < -0.39 is 17.1 Å². The minimum absolute atomic E-state index is 0.248. The summed E-state index contributed by atoms with van der Waals surface area (Å²) in [6.07, 6.45) is 1.38. The zero-order chi connectivity index (χ0) is 14.8. The van der Waals surface area contributed by atoms with Gasteiger partial charge in [-0.05, 0) is 40.5 Å². The highest BCUT2D eigenvalue weighted by molar-refractivity contribution is 5.85. The number of nitrogens with zero attached hydrogens (tertiary/aromatic N) is 2. The molecule has 1 rings (SSSR count). The van der Waals surface area contributed by atoms with E-state index in [4.69, 9.17) is 0 Å². The molecule has 1 heterocycles. The number of hydrogen-bond acceptors (Lipinski definition) is 3. The number of carboxylic acid groups (broad SMARTS) is 1. The van der Waals surface area contributed by atoms with Gasteiger partial charge < -0.3 is 20.0 Å². The number of carbonyl (C=O) groups is 2. The maximum atomic E-state index is 12.4. The fourth-order valence-electron chi connectivity index (χ4n) is 2.44. The third-order valence-corrected chi connectivity index (χ3v) is 3.69. The molecule has 0 aromatic carbocycles. The van der Waals surface area contributed by atoms with Crippen LogP contribution in [0.5, 0.6) is 0 Å². The van der Waals surface area contributed by atoms with Crippen LogP contribution in [0.4, 0.5) is 4.79 Å². The lowest BCUT2D eigenvalue weighted by Crippen LogP contribution is -2.60. The lowest BCUT2D eigenvalue weighted by Gasteiger charge is -2.42. The Morgan fingerprint density at radius 1 is 1.42 bits per heavy atom.